The molecule has 0 aromatic heterocycles. The predicted molar refractivity (Wildman–Crippen MR) is 132 cm³/mol. The maximum atomic E-state index is 13.0. The van der Waals surface area contributed by atoms with Crippen LogP contribution in [0.5, 0.6) is 11.5 Å². The molecule has 0 fully saturated rings. The highest BCUT2D eigenvalue weighted by Crippen LogP contribution is 2.31. The molecule has 10 heteroatoms. The Labute approximate surface area is 198 Å². The third-order valence-corrected chi connectivity index (χ3v) is 7.88. The van der Waals surface area contributed by atoms with Crippen LogP contribution in [-0.2, 0) is 20.0 Å². The van der Waals surface area contributed by atoms with E-state index in [1.807, 2.05) is 0 Å². The molecule has 4 aromatic rings. The van der Waals surface area contributed by atoms with Gasteiger partial charge in [-0.2, -0.15) is 0 Å². The Bertz CT molecular complexity index is 1530. The molecule has 0 unspecified atom stereocenters. The molecule has 0 bridgehead atoms. The van der Waals surface area contributed by atoms with Gasteiger partial charge in [-0.25, -0.2) is 16.8 Å². The van der Waals surface area contributed by atoms with E-state index in [1.54, 1.807) is 54.6 Å². The van der Waals surface area contributed by atoms with Crippen LogP contribution in [0.15, 0.2) is 94.7 Å². The SMILES string of the molecule is COc1ccc(S(=O)(=O)Nc2cc(NS(=O)(=O)c3ccc(OC)cc3)c3ccccc3c2)cc1. The summed E-state index contributed by atoms with van der Waals surface area (Å²) in [6.45, 7) is 0. The van der Waals surface area contributed by atoms with Crippen molar-refractivity contribution in [1.29, 1.82) is 0 Å². The lowest BCUT2D eigenvalue weighted by atomic mass is 10.1. The summed E-state index contributed by atoms with van der Waals surface area (Å²) in [7, 11) is -4.89. The highest BCUT2D eigenvalue weighted by Gasteiger charge is 2.19. The number of methoxy groups -OCH3 is 2. The van der Waals surface area contributed by atoms with E-state index in [2.05, 4.69) is 9.44 Å². The van der Waals surface area contributed by atoms with Crippen LogP contribution in [0, 0.1) is 0 Å². The molecule has 0 aliphatic heterocycles. The lowest BCUT2D eigenvalue weighted by molar-refractivity contribution is 0.414. The first-order valence-electron chi connectivity index (χ1n) is 10.1. The van der Waals surface area contributed by atoms with Crippen molar-refractivity contribution in [3.05, 3.63) is 84.9 Å². The third-order valence-electron chi connectivity index (χ3n) is 5.10. The molecule has 0 saturated heterocycles. The molecule has 0 amide bonds. The standard InChI is InChI=1S/C24H22N2O6S2/c1-31-19-7-11-21(12-8-19)33(27,28)25-18-15-17-5-3-4-6-23(17)24(16-18)26-34(29,30)22-13-9-20(32-2)10-14-22/h3-16,25-26H,1-2H3. The van der Waals surface area contributed by atoms with Crippen molar-refractivity contribution in [2.75, 3.05) is 23.7 Å². The highest BCUT2D eigenvalue weighted by molar-refractivity contribution is 7.93. The Morgan fingerprint density at radius 3 is 1.65 bits per heavy atom. The van der Waals surface area contributed by atoms with Gasteiger partial charge in [-0.3, -0.25) is 9.44 Å². The van der Waals surface area contributed by atoms with Crippen LogP contribution in [-0.4, -0.2) is 31.1 Å². The lowest BCUT2D eigenvalue weighted by Gasteiger charge is -2.15. The van der Waals surface area contributed by atoms with Crippen LogP contribution in [0.25, 0.3) is 10.8 Å². The Morgan fingerprint density at radius 1 is 0.618 bits per heavy atom. The van der Waals surface area contributed by atoms with Crippen LogP contribution in [0.3, 0.4) is 0 Å². The summed E-state index contributed by atoms with van der Waals surface area (Å²) >= 11 is 0. The minimum absolute atomic E-state index is 0.0431. The number of hydrogen-bond donors (Lipinski definition) is 2. The van der Waals surface area contributed by atoms with Crippen molar-refractivity contribution >= 4 is 42.2 Å². The number of nitrogens with one attached hydrogen (secondary N) is 2. The van der Waals surface area contributed by atoms with E-state index in [4.69, 9.17) is 9.47 Å². The van der Waals surface area contributed by atoms with E-state index in [0.717, 1.165) is 0 Å². The third kappa shape index (κ3) is 4.92. The predicted octanol–water partition coefficient (Wildman–Crippen LogP) is 4.46. The van der Waals surface area contributed by atoms with Crippen molar-refractivity contribution < 1.29 is 26.3 Å². The highest BCUT2D eigenvalue weighted by atomic mass is 32.2. The van der Waals surface area contributed by atoms with Gasteiger partial charge in [0.1, 0.15) is 11.5 Å². The van der Waals surface area contributed by atoms with E-state index in [9.17, 15) is 16.8 Å². The number of sulfonamides is 2. The molecule has 34 heavy (non-hydrogen) atoms. The van der Waals surface area contributed by atoms with E-state index in [0.29, 0.717) is 22.3 Å². The molecule has 8 nitrogen and oxygen atoms in total. The number of rotatable bonds is 8. The van der Waals surface area contributed by atoms with Gasteiger partial charge < -0.3 is 9.47 Å². The molecule has 0 saturated carbocycles. The Morgan fingerprint density at radius 2 is 1.12 bits per heavy atom. The first-order valence-corrected chi connectivity index (χ1v) is 13.0. The molecule has 4 aromatic carbocycles. The fourth-order valence-electron chi connectivity index (χ4n) is 3.38. The molecular weight excluding hydrogens is 476 g/mol. The van der Waals surface area contributed by atoms with Gasteiger partial charge in [0, 0.05) is 5.39 Å². The Balaban J connectivity index is 1.71. The molecule has 0 spiro atoms. The van der Waals surface area contributed by atoms with Crippen LogP contribution < -0.4 is 18.9 Å². The van der Waals surface area contributed by atoms with Crippen LogP contribution in [0.1, 0.15) is 0 Å². The van der Waals surface area contributed by atoms with Crippen LogP contribution >= 0.6 is 0 Å². The summed E-state index contributed by atoms with van der Waals surface area (Å²) in [5, 5.41) is 1.27. The van der Waals surface area contributed by atoms with Gasteiger partial charge in [0.15, 0.2) is 0 Å². The van der Waals surface area contributed by atoms with Gasteiger partial charge >= 0.3 is 0 Å². The minimum atomic E-state index is -3.95. The zero-order valence-electron chi connectivity index (χ0n) is 18.3. The molecule has 0 aliphatic rings. The van der Waals surface area contributed by atoms with Gasteiger partial charge in [0.25, 0.3) is 20.0 Å². The Hall–Kier alpha value is -3.76. The smallest absolute Gasteiger partial charge is 0.261 e. The van der Waals surface area contributed by atoms with Crippen molar-refractivity contribution in [1.82, 2.24) is 0 Å². The fourth-order valence-corrected chi connectivity index (χ4v) is 5.49. The monoisotopic (exact) mass is 498 g/mol. The zero-order chi connectivity index (χ0) is 24.3. The topological polar surface area (TPSA) is 111 Å². The lowest BCUT2D eigenvalue weighted by Crippen LogP contribution is -2.15. The first kappa shape index (κ1) is 23.4. The van der Waals surface area contributed by atoms with Gasteiger partial charge in [-0.1, -0.05) is 24.3 Å². The maximum Gasteiger partial charge on any atom is 0.261 e. The quantitative estimate of drug-likeness (QED) is 0.371. The first-order chi connectivity index (χ1) is 16.2. The molecule has 0 radical (unpaired) electrons. The number of hydrogen-bond acceptors (Lipinski definition) is 6. The maximum absolute atomic E-state index is 13.0. The second-order valence-electron chi connectivity index (χ2n) is 7.31. The van der Waals surface area contributed by atoms with Crippen molar-refractivity contribution in [2.45, 2.75) is 9.79 Å². The summed E-state index contributed by atoms with van der Waals surface area (Å²) in [6, 6.07) is 22.1. The van der Waals surface area contributed by atoms with Gasteiger partial charge in [-0.05, 0) is 66.0 Å². The number of benzene rings is 4. The average Bonchev–Trinajstić information content (AvgIpc) is 2.83. The van der Waals surface area contributed by atoms with Crippen LogP contribution in [0.4, 0.5) is 11.4 Å². The van der Waals surface area contributed by atoms with E-state index < -0.39 is 20.0 Å². The Kier molecular flexibility index (Phi) is 6.36. The zero-order valence-corrected chi connectivity index (χ0v) is 20.0. The van der Waals surface area contributed by atoms with E-state index >= 15 is 0 Å². The van der Waals surface area contributed by atoms with Gasteiger partial charge in [-0.15, -0.1) is 0 Å². The molecule has 2 N–H and O–H groups in total. The van der Waals surface area contributed by atoms with Gasteiger partial charge in [0.05, 0.1) is 35.4 Å². The summed E-state index contributed by atoms with van der Waals surface area (Å²) < 4.78 is 67.1. The minimum Gasteiger partial charge on any atom is -0.497 e. The van der Waals surface area contributed by atoms with Crippen LogP contribution in [0.2, 0.25) is 0 Å². The van der Waals surface area contributed by atoms with E-state index in [-0.39, 0.29) is 21.2 Å². The summed E-state index contributed by atoms with van der Waals surface area (Å²) in [5.41, 5.74) is 0.447. The summed E-state index contributed by atoms with van der Waals surface area (Å²) in [5.74, 6) is 1.05. The molecule has 0 atom stereocenters. The number of fused-ring (bicyclic) bond motifs is 1. The van der Waals surface area contributed by atoms with Crippen molar-refractivity contribution in [2.24, 2.45) is 0 Å². The summed E-state index contributed by atoms with van der Waals surface area (Å²) in [4.78, 5) is 0.0865. The van der Waals surface area contributed by atoms with Gasteiger partial charge in [0.2, 0.25) is 0 Å². The number of ether oxygens (including phenoxy) is 2. The molecule has 176 valence electrons. The average molecular weight is 499 g/mol. The molecule has 0 heterocycles. The van der Waals surface area contributed by atoms with Crippen molar-refractivity contribution in [3.63, 3.8) is 0 Å². The molecule has 4 rings (SSSR count). The second kappa shape index (κ2) is 9.24. The summed E-state index contributed by atoms with van der Waals surface area (Å²) in [6.07, 6.45) is 0. The fraction of sp³-hybridized carbons (Fsp3) is 0.0833. The molecular formula is C24H22N2O6S2. The normalized spacial score (nSPS) is 11.7. The van der Waals surface area contributed by atoms with Crippen molar-refractivity contribution in [3.8, 4) is 11.5 Å². The number of anilines is 2. The van der Waals surface area contributed by atoms with E-state index in [1.165, 1.54) is 44.6 Å². The largest absolute Gasteiger partial charge is 0.497 e. The molecule has 0 aliphatic carbocycles. The second-order valence-corrected chi connectivity index (χ2v) is 10.7.